The molecule has 1 N–H and O–H groups in total. The van der Waals surface area contributed by atoms with Crippen LogP contribution in [0.2, 0.25) is 0 Å². The molecular formula is C12H16BrClN2. The summed E-state index contributed by atoms with van der Waals surface area (Å²) in [6, 6.07) is 4.00. The number of nitrogens with zero attached hydrogens (tertiary/aromatic N) is 1. The molecule has 4 heteroatoms. The van der Waals surface area contributed by atoms with Crippen LogP contribution in [0, 0.1) is 5.92 Å². The van der Waals surface area contributed by atoms with Gasteiger partial charge in [-0.2, -0.15) is 0 Å². The van der Waals surface area contributed by atoms with Crippen molar-refractivity contribution in [2.45, 2.75) is 31.1 Å². The summed E-state index contributed by atoms with van der Waals surface area (Å²) in [6.45, 7) is 1.01. The molecule has 0 unspecified atom stereocenters. The van der Waals surface area contributed by atoms with Crippen LogP contribution < -0.4 is 5.32 Å². The highest BCUT2D eigenvalue weighted by Gasteiger charge is 2.19. The number of rotatable bonds is 3. The lowest BCUT2D eigenvalue weighted by Gasteiger charge is -2.25. The third-order valence-corrected chi connectivity index (χ3v) is 3.98. The van der Waals surface area contributed by atoms with Gasteiger partial charge < -0.3 is 5.32 Å². The Kier molecular flexibility index (Phi) is 4.47. The fourth-order valence-corrected chi connectivity index (χ4v) is 2.54. The molecule has 1 aliphatic carbocycles. The highest BCUT2D eigenvalue weighted by Crippen LogP contribution is 2.27. The van der Waals surface area contributed by atoms with Gasteiger partial charge in [-0.05, 0) is 59.7 Å². The molecule has 16 heavy (non-hydrogen) atoms. The minimum Gasteiger partial charge on any atom is -0.370 e. The van der Waals surface area contributed by atoms with Crippen LogP contribution in [0.5, 0.6) is 0 Å². The second-order valence-electron chi connectivity index (χ2n) is 4.36. The molecular weight excluding hydrogens is 288 g/mol. The number of pyridine rings is 1. The van der Waals surface area contributed by atoms with E-state index in [0.29, 0.717) is 5.38 Å². The Balaban J connectivity index is 1.77. The molecule has 0 saturated heterocycles. The lowest BCUT2D eigenvalue weighted by molar-refractivity contribution is 0.377. The number of aromatic nitrogens is 1. The third-order valence-electron chi connectivity index (χ3n) is 3.08. The quantitative estimate of drug-likeness (QED) is 0.852. The fraction of sp³-hybridized carbons (Fsp3) is 0.583. The number of nitrogens with one attached hydrogen (secondary N) is 1. The summed E-state index contributed by atoms with van der Waals surface area (Å²) >= 11 is 9.45. The molecule has 0 bridgehead atoms. The average molecular weight is 304 g/mol. The number of hydrogen-bond donors (Lipinski definition) is 1. The summed E-state index contributed by atoms with van der Waals surface area (Å²) < 4.78 is 1.01. The molecule has 2 rings (SSSR count). The van der Waals surface area contributed by atoms with Crippen LogP contribution in [-0.2, 0) is 0 Å². The molecule has 1 aromatic heterocycles. The van der Waals surface area contributed by atoms with Crippen LogP contribution in [0.15, 0.2) is 22.8 Å². The summed E-state index contributed by atoms with van der Waals surface area (Å²) in [7, 11) is 0. The van der Waals surface area contributed by atoms with Crippen molar-refractivity contribution < 1.29 is 0 Å². The molecule has 0 radical (unpaired) electrons. The first kappa shape index (κ1) is 12.2. The van der Waals surface area contributed by atoms with Crippen molar-refractivity contribution in [2.24, 2.45) is 5.92 Å². The highest BCUT2D eigenvalue weighted by molar-refractivity contribution is 9.10. The molecule has 0 aromatic carbocycles. The molecule has 1 heterocycles. The van der Waals surface area contributed by atoms with Crippen LogP contribution in [-0.4, -0.2) is 16.9 Å². The second-order valence-corrected chi connectivity index (χ2v) is 5.89. The molecule has 1 aliphatic rings. The van der Waals surface area contributed by atoms with Gasteiger partial charge in [0, 0.05) is 22.6 Å². The summed E-state index contributed by atoms with van der Waals surface area (Å²) in [5, 5.41) is 3.79. The lowest BCUT2D eigenvalue weighted by atomic mass is 9.89. The Morgan fingerprint density at radius 3 is 2.69 bits per heavy atom. The van der Waals surface area contributed by atoms with E-state index < -0.39 is 0 Å². The minimum atomic E-state index is 0.405. The predicted octanol–water partition coefficient (Wildman–Crippen LogP) is 4.05. The van der Waals surface area contributed by atoms with Crippen molar-refractivity contribution >= 4 is 33.3 Å². The van der Waals surface area contributed by atoms with E-state index in [0.717, 1.165) is 35.6 Å². The van der Waals surface area contributed by atoms with Gasteiger partial charge in [-0.3, -0.25) is 0 Å². The Morgan fingerprint density at radius 1 is 1.31 bits per heavy atom. The first-order chi connectivity index (χ1) is 7.74. The van der Waals surface area contributed by atoms with Gasteiger partial charge in [0.25, 0.3) is 0 Å². The van der Waals surface area contributed by atoms with E-state index >= 15 is 0 Å². The number of halogens is 2. The first-order valence-corrected chi connectivity index (χ1v) is 6.96. The molecule has 0 aliphatic heterocycles. The van der Waals surface area contributed by atoms with Gasteiger partial charge in [-0.1, -0.05) is 0 Å². The van der Waals surface area contributed by atoms with Gasteiger partial charge in [0.1, 0.15) is 5.82 Å². The van der Waals surface area contributed by atoms with Crippen LogP contribution in [0.1, 0.15) is 25.7 Å². The number of hydrogen-bond acceptors (Lipinski definition) is 2. The zero-order chi connectivity index (χ0) is 11.4. The van der Waals surface area contributed by atoms with E-state index in [1.165, 1.54) is 12.8 Å². The minimum absolute atomic E-state index is 0.405. The SMILES string of the molecule is ClC1CCC(CNc2ccc(Br)cn2)CC1. The van der Waals surface area contributed by atoms with E-state index in [9.17, 15) is 0 Å². The Morgan fingerprint density at radius 2 is 2.06 bits per heavy atom. The molecule has 2 nitrogen and oxygen atoms in total. The van der Waals surface area contributed by atoms with E-state index in [2.05, 4.69) is 26.2 Å². The van der Waals surface area contributed by atoms with Crippen molar-refractivity contribution in [2.75, 3.05) is 11.9 Å². The monoisotopic (exact) mass is 302 g/mol. The molecule has 1 aromatic rings. The van der Waals surface area contributed by atoms with Crippen molar-refractivity contribution in [1.29, 1.82) is 0 Å². The fourth-order valence-electron chi connectivity index (χ4n) is 2.06. The highest BCUT2D eigenvalue weighted by atomic mass is 79.9. The molecule has 0 spiro atoms. The molecule has 0 amide bonds. The maximum absolute atomic E-state index is 6.08. The summed E-state index contributed by atoms with van der Waals surface area (Å²) in [4.78, 5) is 4.29. The van der Waals surface area contributed by atoms with Gasteiger partial charge in [0.05, 0.1) is 0 Å². The molecule has 88 valence electrons. The number of alkyl halides is 1. The lowest BCUT2D eigenvalue weighted by Crippen LogP contribution is -2.21. The van der Waals surface area contributed by atoms with Crippen molar-refractivity contribution in [3.8, 4) is 0 Å². The molecule has 1 saturated carbocycles. The zero-order valence-electron chi connectivity index (χ0n) is 9.13. The van der Waals surface area contributed by atoms with Gasteiger partial charge in [-0.25, -0.2) is 4.98 Å². The van der Waals surface area contributed by atoms with Crippen molar-refractivity contribution in [3.05, 3.63) is 22.8 Å². The summed E-state index contributed by atoms with van der Waals surface area (Å²) in [5.74, 6) is 1.71. The standard InChI is InChI=1S/C12H16BrClN2/c13-10-3-6-12(16-8-10)15-7-9-1-4-11(14)5-2-9/h3,6,8-9,11H,1-2,4-5,7H2,(H,15,16). The topological polar surface area (TPSA) is 24.9 Å². The number of anilines is 1. The largest absolute Gasteiger partial charge is 0.370 e. The van der Waals surface area contributed by atoms with E-state index in [4.69, 9.17) is 11.6 Å². The smallest absolute Gasteiger partial charge is 0.125 e. The predicted molar refractivity (Wildman–Crippen MR) is 72.0 cm³/mol. The summed E-state index contributed by atoms with van der Waals surface area (Å²) in [6.07, 6.45) is 6.59. The zero-order valence-corrected chi connectivity index (χ0v) is 11.5. The third kappa shape index (κ3) is 3.63. The van der Waals surface area contributed by atoms with Gasteiger partial charge in [-0.15, -0.1) is 11.6 Å². The van der Waals surface area contributed by atoms with Crippen molar-refractivity contribution in [1.82, 2.24) is 4.98 Å². The van der Waals surface area contributed by atoms with E-state index in [1.54, 1.807) is 0 Å². The van der Waals surface area contributed by atoms with E-state index in [1.807, 2.05) is 18.3 Å². The van der Waals surface area contributed by atoms with E-state index in [-0.39, 0.29) is 0 Å². The normalized spacial score (nSPS) is 25.4. The molecule has 0 atom stereocenters. The Bertz CT molecular complexity index is 320. The van der Waals surface area contributed by atoms with Crippen molar-refractivity contribution in [3.63, 3.8) is 0 Å². The maximum Gasteiger partial charge on any atom is 0.125 e. The Hall–Kier alpha value is -0.280. The van der Waals surface area contributed by atoms with Gasteiger partial charge in [0.15, 0.2) is 0 Å². The summed E-state index contributed by atoms with van der Waals surface area (Å²) in [5.41, 5.74) is 0. The average Bonchev–Trinajstić information content (AvgIpc) is 2.30. The Labute approximate surface area is 110 Å². The first-order valence-electron chi connectivity index (χ1n) is 5.73. The molecule has 1 fully saturated rings. The van der Waals surface area contributed by atoms with Crippen LogP contribution in [0.25, 0.3) is 0 Å². The maximum atomic E-state index is 6.08. The van der Waals surface area contributed by atoms with Crippen LogP contribution in [0.3, 0.4) is 0 Å². The van der Waals surface area contributed by atoms with Crippen LogP contribution in [0.4, 0.5) is 5.82 Å². The van der Waals surface area contributed by atoms with Crippen LogP contribution >= 0.6 is 27.5 Å². The van der Waals surface area contributed by atoms with Gasteiger partial charge >= 0.3 is 0 Å². The second kappa shape index (κ2) is 5.87. The van der Waals surface area contributed by atoms with Gasteiger partial charge in [0.2, 0.25) is 0 Å².